The van der Waals surface area contributed by atoms with E-state index in [4.69, 9.17) is 17.3 Å². The molecule has 0 radical (unpaired) electrons. The third-order valence-electron chi connectivity index (χ3n) is 1.75. The van der Waals surface area contributed by atoms with E-state index in [1.54, 1.807) is 12.2 Å². The second kappa shape index (κ2) is 6.04. The number of carbonyl (C=O) groups is 1. The van der Waals surface area contributed by atoms with E-state index in [0.29, 0.717) is 0 Å². The van der Waals surface area contributed by atoms with E-state index in [-0.39, 0.29) is 11.7 Å². The minimum atomic E-state index is -0.0985. The Balaban J connectivity index is 2.55. The highest BCUT2D eigenvalue weighted by molar-refractivity contribution is 6.29. The topological polar surface area (TPSA) is 43.1 Å². The van der Waals surface area contributed by atoms with Gasteiger partial charge in [0.2, 0.25) is 0 Å². The molecule has 0 saturated carbocycles. The highest BCUT2D eigenvalue weighted by Gasteiger charge is 1.88. The molecule has 2 N–H and O–H groups in total. The Labute approximate surface area is 94.0 Å². The van der Waals surface area contributed by atoms with Crippen molar-refractivity contribution in [1.29, 1.82) is 0 Å². The number of alkyl halides is 1. The third kappa shape index (κ3) is 4.47. The summed E-state index contributed by atoms with van der Waals surface area (Å²) in [7, 11) is 0. The molecule has 78 valence electrons. The predicted octanol–water partition coefficient (Wildman–Crippen LogP) is 2.65. The van der Waals surface area contributed by atoms with Crippen LogP contribution < -0.4 is 5.73 Å². The molecule has 1 rings (SSSR count). The molecule has 0 heterocycles. The predicted molar refractivity (Wildman–Crippen MR) is 64.8 cm³/mol. The number of hydrogen-bond acceptors (Lipinski definition) is 2. The molecule has 15 heavy (non-hydrogen) atoms. The molecular formula is C12H12ClNO. The van der Waals surface area contributed by atoms with Gasteiger partial charge in [-0.15, -0.1) is 11.6 Å². The normalized spacial score (nSPS) is 11.3. The van der Waals surface area contributed by atoms with Crippen molar-refractivity contribution in [2.75, 3.05) is 11.6 Å². The molecule has 0 aliphatic rings. The lowest BCUT2D eigenvalue weighted by molar-refractivity contribution is -0.112. The molecule has 0 atom stereocenters. The van der Waals surface area contributed by atoms with Gasteiger partial charge in [0.05, 0.1) is 5.88 Å². The summed E-state index contributed by atoms with van der Waals surface area (Å²) in [5, 5.41) is 0. The molecule has 0 amide bonds. The van der Waals surface area contributed by atoms with Gasteiger partial charge in [0, 0.05) is 5.69 Å². The Morgan fingerprint density at radius 1 is 1.27 bits per heavy atom. The van der Waals surface area contributed by atoms with Crippen LogP contribution in [0, 0.1) is 0 Å². The Morgan fingerprint density at radius 2 is 1.93 bits per heavy atom. The van der Waals surface area contributed by atoms with Crippen molar-refractivity contribution in [3.8, 4) is 0 Å². The van der Waals surface area contributed by atoms with Gasteiger partial charge in [-0.3, -0.25) is 4.79 Å². The molecule has 0 fully saturated rings. The van der Waals surface area contributed by atoms with E-state index >= 15 is 0 Å². The molecule has 3 heteroatoms. The molecule has 0 aliphatic heterocycles. The van der Waals surface area contributed by atoms with Crippen LogP contribution in [-0.4, -0.2) is 11.7 Å². The largest absolute Gasteiger partial charge is 0.399 e. The standard InChI is InChI=1S/C12H12ClNO/c13-9-12(15)4-2-1-3-10-5-7-11(14)8-6-10/h1-8H,9,14H2/b3-1+,4-2+. The quantitative estimate of drug-likeness (QED) is 0.368. The second-order valence-electron chi connectivity index (χ2n) is 2.98. The van der Waals surface area contributed by atoms with Crippen LogP contribution in [0.2, 0.25) is 0 Å². The van der Waals surface area contributed by atoms with Gasteiger partial charge in [0.1, 0.15) is 0 Å². The summed E-state index contributed by atoms with van der Waals surface area (Å²) in [6.07, 6.45) is 6.79. The van der Waals surface area contributed by atoms with Crippen LogP contribution in [0.1, 0.15) is 5.56 Å². The Hall–Kier alpha value is -1.54. The minimum Gasteiger partial charge on any atom is -0.399 e. The van der Waals surface area contributed by atoms with Crippen molar-refractivity contribution in [3.63, 3.8) is 0 Å². The van der Waals surface area contributed by atoms with E-state index in [0.717, 1.165) is 11.3 Å². The summed E-state index contributed by atoms with van der Waals surface area (Å²) in [5.74, 6) is -0.0784. The van der Waals surface area contributed by atoms with E-state index in [2.05, 4.69) is 0 Å². The second-order valence-corrected chi connectivity index (χ2v) is 3.25. The fraction of sp³-hybridized carbons (Fsp3) is 0.0833. The number of ketones is 1. The van der Waals surface area contributed by atoms with E-state index in [1.165, 1.54) is 6.08 Å². The Kier molecular flexibility index (Phi) is 4.64. The number of benzene rings is 1. The van der Waals surface area contributed by atoms with Crippen molar-refractivity contribution in [3.05, 3.63) is 48.1 Å². The average Bonchev–Trinajstić information content (AvgIpc) is 2.26. The van der Waals surface area contributed by atoms with Gasteiger partial charge >= 0.3 is 0 Å². The molecule has 2 nitrogen and oxygen atoms in total. The smallest absolute Gasteiger partial charge is 0.170 e. The Bertz CT molecular complexity index is 379. The van der Waals surface area contributed by atoms with Crippen LogP contribution in [0.15, 0.2) is 42.5 Å². The monoisotopic (exact) mass is 221 g/mol. The maximum Gasteiger partial charge on any atom is 0.170 e. The molecule has 1 aromatic carbocycles. The van der Waals surface area contributed by atoms with Crippen LogP contribution in [0.4, 0.5) is 5.69 Å². The van der Waals surface area contributed by atoms with Crippen molar-refractivity contribution in [1.82, 2.24) is 0 Å². The first kappa shape index (κ1) is 11.5. The molecule has 0 aliphatic carbocycles. The van der Waals surface area contributed by atoms with Crippen LogP contribution in [-0.2, 0) is 4.79 Å². The fourth-order valence-electron chi connectivity index (χ4n) is 0.981. The summed E-state index contributed by atoms with van der Waals surface area (Å²) >= 11 is 5.33. The number of allylic oxidation sites excluding steroid dienone is 3. The summed E-state index contributed by atoms with van der Waals surface area (Å²) in [5.41, 5.74) is 7.31. The van der Waals surface area contributed by atoms with Gasteiger partial charge < -0.3 is 5.73 Å². The maximum atomic E-state index is 10.8. The van der Waals surface area contributed by atoms with E-state index in [1.807, 2.05) is 30.3 Å². The number of anilines is 1. The van der Waals surface area contributed by atoms with Crippen LogP contribution in [0.5, 0.6) is 0 Å². The van der Waals surface area contributed by atoms with Gasteiger partial charge in [-0.1, -0.05) is 30.4 Å². The first-order valence-corrected chi connectivity index (χ1v) is 5.05. The zero-order valence-electron chi connectivity index (χ0n) is 8.19. The van der Waals surface area contributed by atoms with Gasteiger partial charge in [0.15, 0.2) is 5.78 Å². The molecular weight excluding hydrogens is 210 g/mol. The van der Waals surface area contributed by atoms with Gasteiger partial charge in [-0.2, -0.15) is 0 Å². The number of nitrogens with two attached hydrogens (primary N) is 1. The highest BCUT2D eigenvalue weighted by atomic mass is 35.5. The number of halogens is 1. The molecule has 0 spiro atoms. The lowest BCUT2D eigenvalue weighted by Gasteiger charge is -1.93. The SMILES string of the molecule is Nc1ccc(/C=C/C=C/C(=O)CCl)cc1. The zero-order chi connectivity index (χ0) is 11.1. The molecule has 0 unspecified atom stereocenters. The summed E-state index contributed by atoms with van der Waals surface area (Å²) < 4.78 is 0. The molecule has 0 saturated heterocycles. The van der Waals surface area contributed by atoms with Crippen LogP contribution in [0.3, 0.4) is 0 Å². The lowest BCUT2D eigenvalue weighted by Crippen LogP contribution is -1.90. The average molecular weight is 222 g/mol. The lowest BCUT2D eigenvalue weighted by atomic mass is 10.2. The van der Waals surface area contributed by atoms with Crippen molar-refractivity contribution in [2.24, 2.45) is 0 Å². The van der Waals surface area contributed by atoms with Gasteiger partial charge in [-0.25, -0.2) is 0 Å². The van der Waals surface area contributed by atoms with Crippen molar-refractivity contribution < 1.29 is 4.79 Å². The third-order valence-corrected chi connectivity index (χ3v) is 2.01. The number of carbonyl (C=O) groups excluding carboxylic acids is 1. The summed E-state index contributed by atoms with van der Waals surface area (Å²) in [4.78, 5) is 10.8. The number of hydrogen-bond donors (Lipinski definition) is 1. The van der Waals surface area contributed by atoms with E-state index in [9.17, 15) is 4.79 Å². The first-order valence-electron chi connectivity index (χ1n) is 4.51. The molecule has 0 bridgehead atoms. The Morgan fingerprint density at radius 3 is 2.53 bits per heavy atom. The minimum absolute atomic E-state index is 0.0201. The molecule has 1 aromatic rings. The van der Waals surface area contributed by atoms with E-state index < -0.39 is 0 Å². The number of rotatable bonds is 4. The summed E-state index contributed by atoms with van der Waals surface area (Å²) in [6, 6.07) is 7.46. The number of nitrogen functional groups attached to an aromatic ring is 1. The fourth-order valence-corrected chi connectivity index (χ4v) is 1.07. The molecule has 0 aromatic heterocycles. The van der Waals surface area contributed by atoms with Crippen LogP contribution >= 0.6 is 11.6 Å². The summed E-state index contributed by atoms with van der Waals surface area (Å²) in [6.45, 7) is 0. The van der Waals surface area contributed by atoms with Crippen molar-refractivity contribution in [2.45, 2.75) is 0 Å². The first-order chi connectivity index (χ1) is 7.22. The van der Waals surface area contributed by atoms with Crippen LogP contribution in [0.25, 0.3) is 6.08 Å². The van der Waals surface area contributed by atoms with Crippen molar-refractivity contribution >= 4 is 29.1 Å². The maximum absolute atomic E-state index is 10.8. The van der Waals surface area contributed by atoms with Gasteiger partial charge in [0.25, 0.3) is 0 Å². The van der Waals surface area contributed by atoms with Gasteiger partial charge in [-0.05, 0) is 23.8 Å². The highest BCUT2D eigenvalue weighted by Crippen LogP contribution is 2.06. The zero-order valence-corrected chi connectivity index (χ0v) is 8.95.